The first-order valence-electron chi connectivity index (χ1n) is 8.80. The Morgan fingerprint density at radius 3 is 1.42 bits per heavy atom. The van der Waals surface area contributed by atoms with E-state index in [1.54, 1.807) is 0 Å². The summed E-state index contributed by atoms with van der Waals surface area (Å²) in [6, 6.07) is 20.8. The molecular formula is C22H22N2O2+2. The van der Waals surface area contributed by atoms with Crippen LogP contribution in [0.15, 0.2) is 85.5 Å². The van der Waals surface area contributed by atoms with Crippen molar-refractivity contribution in [3.05, 3.63) is 85.5 Å². The van der Waals surface area contributed by atoms with Gasteiger partial charge in [0.15, 0.2) is 24.8 Å². The van der Waals surface area contributed by atoms with Crippen LogP contribution in [0, 0.1) is 0 Å². The Balaban J connectivity index is 1.22. The van der Waals surface area contributed by atoms with Gasteiger partial charge in [0.1, 0.15) is 0 Å². The van der Waals surface area contributed by atoms with Crippen molar-refractivity contribution in [2.24, 2.45) is 0 Å². The minimum absolute atomic E-state index is 0.525. The van der Waals surface area contributed by atoms with Gasteiger partial charge in [0.2, 0.25) is 0 Å². The standard InChI is InChI=1S/C22H22N2O2/c1-3-7-21-15-23(11-9-19(21)5-1)17-25-13-14-26-18-24-12-10-20-6-2-4-8-22(20)16-24/h1-12,15-16H,13-14,17-18H2/q+2. The van der Waals surface area contributed by atoms with Crippen molar-refractivity contribution in [3.63, 3.8) is 0 Å². The molecule has 0 N–H and O–H groups in total. The zero-order valence-electron chi connectivity index (χ0n) is 14.6. The minimum atomic E-state index is 0.525. The predicted molar refractivity (Wildman–Crippen MR) is 100 cm³/mol. The highest BCUT2D eigenvalue weighted by atomic mass is 16.5. The maximum atomic E-state index is 5.71. The Labute approximate surface area is 152 Å². The summed E-state index contributed by atoms with van der Waals surface area (Å²) in [4.78, 5) is 0. The van der Waals surface area contributed by atoms with Crippen molar-refractivity contribution in [1.82, 2.24) is 0 Å². The van der Waals surface area contributed by atoms with Gasteiger partial charge in [-0.05, 0) is 22.9 Å². The molecule has 0 radical (unpaired) electrons. The Morgan fingerprint density at radius 2 is 0.962 bits per heavy atom. The fourth-order valence-electron chi connectivity index (χ4n) is 2.97. The summed E-state index contributed by atoms with van der Waals surface area (Å²) >= 11 is 0. The maximum absolute atomic E-state index is 5.71. The Kier molecular flexibility index (Phi) is 5.14. The molecule has 4 rings (SSSR count). The zero-order valence-corrected chi connectivity index (χ0v) is 14.6. The minimum Gasteiger partial charge on any atom is -0.321 e. The number of hydrogen-bond donors (Lipinski definition) is 0. The van der Waals surface area contributed by atoms with E-state index in [-0.39, 0.29) is 0 Å². The molecule has 0 saturated carbocycles. The average Bonchev–Trinajstić information content (AvgIpc) is 2.70. The average molecular weight is 346 g/mol. The van der Waals surface area contributed by atoms with E-state index in [0.717, 1.165) is 0 Å². The molecule has 2 heterocycles. The number of nitrogens with zero attached hydrogens (tertiary/aromatic N) is 2. The van der Waals surface area contributed by atoms with Gasteiger partial charge in [-0.15, -0.1) is 0 Å². The van der Waals surface area contributed by atoms with Crippen LogP contribution in [0.25, 0.3) is 21.5 Å². The van der Waals surface area contributed by atoms with Crippen LogP contribution in [0.3, 0.4) is 0 Å². The second-order valence-electron chi connectivity index (χ2n) is 6.25. The number of fused-ring (bicyclic) bond motifs is 2. The third-order valence-electron chi connectivity index (χ3n) is 4.35. The summed E-state index contributed by atoms with van der Waals surface area (Å²) in [5.41, 5.74) is 0. The zero-order chi connectivity index (χ0) is 17.6. The van der Waals surface area contributed by atoms with E-state index in [1.165, 1.54) is 21.5 Å². The molecular weight excluding hydrogens is 324 g/mol. The summed E-state index contributed by atoms with van der Waals surface area (Å²) in [5.74, 6) is 0. The van der Waals surface area contributed by atoms with Gasteiger partial charge < -0.3 is 9.47 Å². The fraction of sp³-hybridized carbons (Fsp3) is 0.182. The summed E-state index contributed by atoms with van der Waals surface area (Å²) < 4.78 is 15.5. The summed E-state index contributed by atoms with van der Waals surface area (Å²) in [6.07, 6.45) is 8.27. The highest BCUT2D eigenvalue weighted by Crippen LogP contribution is 2.10. The lowest BCUT2D eigenvalue weighted by molar-refractivity contribution is -0.736. The molecule has 0 atom stereocenters. The van der Waals surface area contributed by atoms with E-state index in [1.807, 2.05) is 45.8 Å². The summed E-state index contributed by atoms with van der Waals surface area (Å²) in [7, 11) is 0. The van der Waals surface area contributed by atoms with E-state index in [4.69, 9.17) is 9.47 Å². The van der Waals surface area contributed by atoms with Gasteiger partial charge >= 0.3 is 0 Å². The molecule has 2 aromatic carbocycles. The highest BCUT2D eigenvalue weighted by molar-refractivity contribution is 5.80. The van der Waals surface area contributed by atoms with Gasteiger partial charge in [-0.25, -0.2) is 0 Å². The molecule has 26 heavy (non-hydrogen) atoms. The van der Waals surface area contributed by atoms with Crippen molar-refractivity contribution in [2.45, 2.75) is 13.5 Å². The van der Waals surface area contributed by atoms with Crippen LogP contribution < -0.4 is 9.13 Å². The Hall–Kier alpha value is -2.82. The van der Waals surface area contributed by atoms with Crippen LogP contribution in [0.2, 0.25) is 0 Å². The molecule has 2 aromatic heterocycles. The lowest BCUT2D eigenvalue weighted by Gasteiger charge is -2.03. The highest BCUT2D eigenvalue weighted by Gasteiger charge is 2.04. The van der Waals surface area contributed by atoms with Gasteiger partial charge in [0.25, 0.3) is 13.5 Å². The van der Waals surface area contributed by atoms with Crippen molar-refractivity contribution in [3.8, 4) is 0 Å². The second-order valence-corrected chi connectivity index (χ2v) is 6.25. The number of ether oxygens (including phenoxy) is 2. The molecule has 0 aliphatic heterocycles. The number of hydrogen-bond acceptors (Lipinski definition) is 2. The first-order valence-corrected chi connectivity index (χ1v) is 8.80. The monoisotopic (exact) mass is 346 g/mol. The van der Waals surface area contributed by atoms with E-state index >= 15 is 0 Å². The normalized spacial score (nSPS) is 11.2. The molecule has 0 spiro atoms. The van der Waals surface area contributed by atoms with Crippen LogP contribution in [0.5, 0.6) is 0 Å². The van der Waals surface area contributed by atoms with Crippen LogP contribution in [0.4, 0.5) is 0 Å². The van der Waals surface area contributed by atoms with Gasteiger partial charge in [0, 0.05) is 22.9 Å². The summed E-state index contributed by atoms with van der Waals surface area (Å²) in [5, 5.41) is 4.89. The third kappa shape index (κ3) is 4.04. The largest absolute Gasteiger partial charge is 0.321 e. The van der Waals surface area contributed by atoms with Crippen LogP contribution in [-0.4, -0.2) is 13.2 Å². The number of pyridine rings is 2. The molecule has 0 fully saturated rings. The maximum Gasteiger partial charge on any atom is 0.252 e. The van der Waals surface area contributed by atoms with E-state index < -0.39 is 0 Å². The topological polar surface area (TPSA) is 26.2 Å². The molecule has 4 aromatic rings. The van der Waals surface area contributed by atoms with Gasteiger partial charge in [-0.1, -0.05) is 36.4 Å². The first-order chi connectivity index (χ1) is 12.9. The molecule has 0 aliphatic rings. The molecule has 0 aliphatic carbocycles. The lowest BCUT2D eigenvalue weighted by atomic mass is 10.2. The van der Waals surface area contributed by atoms with Gasteiger partial charge in [-0.3, -0.25) is 0 Å². The molecule has 0 amide bonds. The molecule has 4 heteroatoms. The SMILES string of the molecule is c1ccc2c[n+](COCCOC[n+]3ccc4ccccc4c3)ccc2c1. The van der Waals surface area contributed by atoms with Crippen molar-refractivity contribution >= 4 is 21.5 Å². The number of aromatic nitrogens is 2. The van der Waals surface area contributed by atoms with E-state index in [0.29, 0.717) is 26.7 Å². The smallest absolute Gasteiger partial charge is 0.252 e. The van der Waals surface area contributed by atoms with Crippen LogP contribution in [0.1, 0.15) is 0 Å². The van der Waals surface area contributed by atoms with Crippen LogP contribution in [-0.2, 0) is 22.9 Å². The molecule has 0 saturated heterocycles. The van der Waals surface area contributed by atoms with Crippen molar-refractivity contribution in [2.75, 3.05) is 13.2 Å². The Morgan fingerprint density at radius 1 is 0.538 bits per heavy atom. The summed E-state index contributed by atoms with van der Waals surface area (Å²) in [6.45, 7) is 2.18. The van der Waals surface area contributed by atoms with E-state index in [2.05, 4.69) is 48.8 Å². The second kappa shape index (κ2) is 8.04. The molecule has 4 nitrogen and oxygen atoms in total. The van der Waals surface area contributed by atoms with Crippen molar-refractivity contribution < 1.29 is 18.6 Å². The van der Waals surface area contributed by atoms with E-state index in [9.17, 15) is 0 Å². The number of benzene rings is 2. The molecule has 0 bridgehead atoms. The Bertz CT molecular complexity index is 933. The third-order valence-corrected chi connectivity index (χ3v) is 4.35. The van der Waals surface area contributed by atoms with Gasteiger partial charge in [0.05, 0.1) is 13.2 Å². The predicted octanol–water partition coefficient (Wildman–Crippen LogP) is 3.22. The molecule has 130 valence electrons. The quantitative estimate of drug-likeness (QED) is 0.379. The first kappa shape index (κ1) is 16.6. The molecule has 0 unspecified atom stereocenters. The van der Waals surface area contributed by atoms with Crippen molar-refractivity contribution in [1.29, 1.82) is 0 Å². The number of rotatable bonds is 7. The fourth-order valence-corrected chi connectivity index (χ4v) is 2.97. The van der Waals surface area contributed by atoms with Crippen LogP contribution >= 0.6 is 0 Å². The lowest BCUT2D eigenvalue weighted by Crippen LogP contribution is -2.36. The van der Waals surface area contributed by atoms with Gasteiger partial charge in [-0.2, -0.15) is 9.13 Å².